The van der Waals surface area contributed by atoms with Gasteiger partial charge in [0.1, 0.15) is 11.9 Å². The smallest absolute Gasteiger partial charge is 0.250 e. The van der Waals surface area contributed by atoms with Crippen LogP contribution in [0.3, 0.4) is 0 Å². The van der Waals surface area contributed by atoms with E-state index in [0.717, 1.165) is 5.56 Å². The van der Waals surface area contributed by atoms with Crippen molar-refractivity contribution in [3.63, 3.8) is 0 Å². The molecule has 0 radical (unpaired) electrons. The largest absolute Gasteiger partial charge is 0.352 e. The number of carbonyl (C=O) groups is 2. The molecule has 0 spiro atoms. The number of hydrogen-bond acceptors (Lipinski definition) is 4. The number of hydrogen-bond donors (Lipinski definition) is 2. The van der Waals surface area contributed by atoms with E-state index in [0.29, 0.717) is 17.9 Å². The molecule has 0 bridgehead atoms. The van der Waals surface area contributed by atoms with Gasteiger partial charge in [-0.3, -0.25) is 9.59 Å². The van der Waals surface area contributed by atoms with E-state index >= 15 is 0 Å². The van der Waals surface area contributed by atoms with Gasteiger partial charge in [0, 0.05) is 36.9 Å². The molecule has 2 atom stereocenters. The van der Waals surface area contributed by atoms with Gasteiger partial charge in [-0.1, -0.05) is 55.8 Å². The number of rotatable bonds is 7. The Balaban J connectivity index is 1.28. The van der Waals surface area contributed by atoms with Crippen LogP contribution in [0.15, 0.2) is 54.9 Å². The van der Waals surface area contributed by atoms with E-state index in [1.807, 2.05) is 11.2 Å². The SMILES string of the molecule is CC(C)c1ccc(C2CC3C(=O)N(CCC(=O)NCc4ccc(F)cc4Cl)C=CN3N2)cc1. The van der Waals surface area contributed by atoms with Crippen molar-refractivity contribution < 1.29 is 14.0 Å². The molecule has 8 heteroatoms. The molecule has 2 amide bonds. The molecule has 0 aliphatic carbocycles. The highest BCUT2D eigenvalue weighted by Crippen LogP contribution is 2.31. The second-order valence-corrected chi connectivity index (χ2v) is 9.16. The third-order valence-corrected chi connectivity index (χ3v) is 6.50. The number of carbonyl (C=O) groups excluding carboxylic acids is 2. The lowest BCUT2D eigenvalue weighted by Crippen LogP contribution is -2.48. The number of fused-ring (bicyclic) bond motifs is 1. The summed E-state index contributed by atoms with van der Waals surface area (Å²) >= 11 is 6.00. The minimum absolute atomic E-state index is 0.0271. The molecule has 1 saturated heterocycles. The lowest BCUT2D eigenvalue weighted by atomic mass is 9.97. The van der Waals surface area contributed by atoms with Crippen LogP contribution in [0.25, 0.3) is 0 Å². The molecule has 1 fully saturated rings. The summed E-state index contributed by atoms with van der Waals surface area (Å²) in [6.07, 6.45) is 4.38. The molecule has 2 aliphatic rings. The van der Waals surface area contributed by atoms with Crippen molar-refractivity contribution in [2.24, 2.45) is 0 Å². The Bertz CT molecular complexity index is 1060. The van der Waals surface area contributed by atoms with Gasteiger partial charge in [0.25, 0.3) is 5.91 Å². The van der Waals surface area contributed by atoms with Crippen LogP contribution in [0.1, 0.15) is 55.3 Å². The Morgan fingerprint density at radius 1 is 1.21 bits per heavy atom. The number of hydrazine groups is 1. The van der Waals surface area contributed by atoms with Gasteiger partial charge >= 0.3 is 0 Å². The number of amides is 2. The third-order valence-electron chi connectivity index (χ3n) is 6.15. The molecule has 174 valence electrons. The van der Waals surface area contributed by atoms with Crippen LogP contribution in [0, 0.1) is 5.82 Å². The Morgan fingerprint density at radius 3 is 2.67 bits per heavy atom. The Labute approximate surface area is 198 Å². The van der Waals surface area contributed by atoms with Gasteiger partial charge in [0.2, 0.25) is 5.91 Å². The number of nitrogens with one attached hydrogen (secondary N) is 2. The summed E-state index contributed by atoms with van der Waals surface area (Å²) < 4.78 is 13.1. The summed E-state index contributed by atoms with van der Waals surface area (Å²) in [5.41, 5.74) is 6.48. The normalized spacial score (nSPS) is 19.8. The maximum absolute atomic E-state index is 13.1. The van der Waals surface area contributed by atoms with Crippen LogP contribution >= 0.6 is 11.6 Å². The van der Waals surface area contributed by atoms with Crippen LogP contribution in [0.2, 0.25) is 5.02 Å². The Kier molecular flexibility index (Phi) is 7.00. The van der Waals surface area contributed by atoms with Crippen molar-refractivity contribution in [2.75, 3.05) is 6.54 Å². The summed E-state index contributed by atoms with van der Waals surface area (Å²) in [5, 5.41) is 4.90. The summed E-state index contributed by atoms with van der Waals surface area (Å²) in [5.74, 6) is -0.173. The highest BCUT2D eigenvalue weighted by Gasteiger charge is 2.39. The molecule has 2 aromatic rings. The van der Waals surface area contributed by atoms with Gasteiger partial charge in [-0.05, 0) is 41.2 Å². The molecule has 2 heterocycles. The van der Waals surface area contributed by atoms with Gasteiger partial charge in [0.05, 0.1) is 6.04 Å². The fraction of sp³-hybridized carbons (Fsp3) is 0.360. The maximum atomic E-state index is 13.1. The molecular formula is C25H28ClFN4O2. The van der Waals surface area contributed by atoms with Gasteiger partial charge in [0.15, 0.2) is 0 Å². The lowest BCUT2D eigenvalue weighted by Gasteiger charge is -2.31. The minimum atomic E-state index is -0.421. The van der Waals surface area contributed by atoms with Gasteiger partial charge in [-0.15, -0.1) is 0 Å². The monoisotopic (exact) mass is 470 g/mol. The minimum Gasteiger partial charge on any atom is -0.352 e. The first-order valence-electron chi connectivity index (χ1n) is 11.2. The van der Waals surface area contributed by atoms with E-state index < -0.39 is 5.82 Å². The van der Waals surface area contributed by atoms with Crippen molar-refractivity contribution in [3.05, 3.63) is 82.4 Å². The summed E-state index contributed by atoms with van der Waals surface area (Å²) in [7, 11) is 0. The molecule has 0 saturated carbocycles. The third kappa shape index (κ3) is 5.37. The van der Waals surface area contributed by atoms with E-state index in [1.165, 1.54) is 17.7 Å². The molecule has 2 aliphatic heterocycles. The highest BCUT2D eigenvalue weighted by atomic mass is 35.5. The molecule has 0 aromatic heterocycles. The Morgan fingerprint density at radius 2 is 1.97 bits per heavy atom. The molecule has 2 aromatic carbocycles. The first-order chi connectivity index (χ1) is 15.8. The van der Waals surface area contributed by atoms with E-state index in [9.17, 15) is 14.0 Å². The zero-order valence-corrected chi connectivity index (χ0v) is 19.5. The standard InChI is InChI=1S/C25H28ClFN4O2/c1-16(2)17-3-5-18(6-4-17)22-14-23-25(33)30(11-12-31(23)29-22)10-9-24(32)28-15-19-7-8-20(27)13-21(19)26/h3-8,11-13,16,22-23,29H,9-10,14-15H2,1-2H3,(H,28,32). The summed E-state index contributed by atoms with van der Waals surface area (Å²) in [4.78, 5) is 26.9. The van der Waals surface area contributed by atoms with Gasteiger partial charge in [-0.25, -0.2) is 9.82 Å². The van der Waals surface area contributed by atoms with Crippen molar-refractivity contribution in [2.45, 2.75) is 51.2 Å². The van der Waals surface area contributed by atoms with Crippen molar-refractivity contribution in [1.29, 1.82) is 0 Å². The molecule has 33 heavy (non-hydrogen) atoms. The first-order valence-corrected chi connectivity index (χ1v) is 11.5. The van der Waals surface area contributed by atoms with Gasteiger partial charge in [-0.2, -0.15) is 0 Å². The first kappa shape index (κ1) is 23.3. The topological polar surface area (TPSA) is 64.7 Å². The maximum Gasteiger partial charge on any atom is 0.250 e. The quantitative estimate of drug-likeness (QED) is 0.635. The highest BCUT2D eigenvalue weighted by molar-refractivity contribution is 6.31. The van der Waals surface area contributed by atoms with E-state index in [2.05, 4.69) is 48.9 Å². The van der Waals surface area contributed by atoms with Gasteiger partial charge < -0.3 is 15.2 Å². The van der Waals surface area contributed by atoms with Crippen molar-refractivity contribution in [3.8, 4) is 0 Å². The molecule has 6 nitrogen and oxygen atoms in total. The summed E-state index contributed by atoms with van der Waals surface area (Å²) in [6.45, 7) is 4.83. The van der Waals surface area contributed by atoms with E-state index in [4.69, 9.17) is 11.6 Å². The van der Waals surface area contributed by atoms with Crippen molar-refractivity contribution in [1.82, 2.24) is 20.7 Å². The van der Waals surface area contributed by atoms with Crippen molar-refractivity contribution >= 4 is 23.4 Å². The lowest BCUT2D eigenvalue weighted by molar-refractivity contribution is -0.134. The average molecular weight is 471 g/mol. The van der Waals surface area contributed by atoms with E-state index in [-0.39, 0.29) is 48.4 Å². The fourth-order valence-electron chi connectivity index (χ4n) is 4.12. The van der Waals surface area contributed by atoms with E-state index in [1.54, 1.807) is 17.2 Å². The van der Waals surface area contributed by atoms with Crippen LogP contribution in [-0.2, 0) is 16.1 Å². The predicted octanol–water partition coefficient (Wildman–Crippen LogP) is 4.24. The van der Waals surface area contributed by atoms with Crippen LogP contribution in [-0.4, -0.2) is 34.3 Å². The average Bonchev–Trinajstić information content (AvgIpc) is 3.23. The van der Waals surface area contributed by atoms with Crippen LogP contribution in [0.4, 0.5) is 4.39 Å². The molecule has 2 N–H and O–H groups in total. The second-order valence-electron chi connectivity index (χ2n) is 8.75. The molecular weight excluding hydrogens is 443 g/mol. The predicted molar refractivity (Wildman–Crippen MR) is 125 cm³/mol. The van der Waals surface area contributed by atoms with Crippen LogP contribution in [0.5, 0.6) is 0 Å². The number of benzene rings is 2. The van der Waals surface area contributed by atoms with Crippen LogP contribution < -0.4 is 10.7 Å². The Hall–Kier alpha value is -2.90. The number of halogens is 2. The fourth-order valence-corrected chi connectivity index (χ4v) is 4.36. The zero-order valence-electron chi connectivity index (χ0n) is 18.7. The molecule has 4 rings (SSSR count). The second kappa shape index (κ2) is 9.93. The molecule has 2 unspecified atom stereocenters. The number of nitrogens with zero attached hydrogens (tertiary/aromatic N) is 2. The summed E-state index contributed by atoms with van der Waals surface area (Å²) in [6, 6.07) is 12.3. The zero-order chi connectivity index (χ0) is 23.5.